The quantitative estimate of drug-likeness (QED) is 0.212. The van der Waals surface area contributed by atoms with E-state index >= 15 is 4.39 Å². The standard InChI is InChI=1S/C35H35F3N6O2/c1-3-23-25(37)10-9-20-14-22(39)15-24(27(20)23)30-29(38)31-28-32(44-13-6-4-5-8-26(44)19(2)46-33(28)40-30)42-34(41-31)45-18-35-11-7-12-43(35)17-21(36)16-35/h1,9-10,14-15,19,21,26H,4-8,11-13,16-18,39H2,2H3/t19-,21+,26-,35-/m0/s1. The summed E-state index contributed by atoms with van der Waals surface area (Å²) in [7, 11) is 0. The summed E-state index contributed by atoms with van der Waals surface area (Å²) in [6.45, 7) is 4.10. The Bertz CT molecular complexity index is 1930. The smallest absolute Gasteiger partial charge is 0.319 e. The fourth-order valence-electron chi connectivity index (χ4n) is 8.22. The number of rotatable bonds is 4. The molecule has 8 nitrogen and oxygen atoms in total. The number of nitrogens with zero attached hydrogens (tertiary/aromatic N) is 5. The van der Waals surface area contributed by atoms with Gasteiger partial charge in [-0.25, -0.2) is 18.2 Å². The number of benzene rings is 2. The number of nitrogen functional groups attached to an aromatic ring is 1. The molecule has 238 valence electrons. The van der Waals surface area contributed by atoms with Gasteiger partial charge in [0.1, 0.15) is 47.1 Å². The molecule has 0 bridgehead atoms. The Balaban J connectivity index is 1.35. The highest BCUT2D eigenvalue weighted by Gasteiger charge is 2.49. The Morgan fingerprint density at radius 1 is 1.11 bits per heavy atom. The van der Waals surface area contributed by atoms with E-state index in [4.69, 9.17) is 31.6 Å². The largest absolute Gasteiger partial charge is 0.472 e. The fourth-order valence-corrected chi connectivity index (χ4v) is 8.22. The molecule has 0 amide bonds. The third kappa shape index (κ3) is 4.52. The Hall–Kier alpha value is -4.30. The number of halogens is 3. The van der Waals surface area contributed by atoms with Crippen LogP contribution in [0.4, 0.5) is 24.7 Å². The molecule has 2 aromatic heterocycles. The molecule has 0 unspecified atom stereocenters. The third-order valence-electron chi connectivity index (χ3n) is 10.3. The maximum atomic E-state index is 17.1. The van der Waals surface area contributed by atoms with E-state index in [-0.39, 0.29) is 53.0 Å². The molecule has 0 spiro atoms. The van der Waals surface area contributed by atoms with Crippen LogP contribution in [0.25, 0.3) is 32.9 Å². The summed E-state index contributed by atoms with van der Waals surface area (Å²) in [6.07, 6.45) is 10.6. The molecule has 46 heavy (non-hydrogen) atoms. The molecule has 0 saturated carbocycles. The predicted octanol–water partition coefficient (Wildman–Crippen LogP) is 6.17. The molecule has 3 saturated heterocycles. The summed E-state index contributed by atoms with van der Waals surface area (Å²) in [5, 5.41) is 1.22. The number of hydrogen-bond acceptors (Lipinski definition) is 8. The van der Waals surface area contributed by atoms with E-state index in [0.717, 1.165) is 45.1 Å². The van der Waals surface area contributed by atoms with Gasteiger partial charge >= 0.3 is 6.01 Å². The molecular weight excluding hydrogens is 593 g/mol. The number of ether oxygens (including phenoxy) is 2. The van der Waals surface area contributed by atoms with E-state index in [1.165, 1.54) is 6.07 Å². The van der Waals surface area contributed by atoms with E-state index in [9.17, 15) is 8.78 Å². The lowest BCUT2D eigenvalue weighted by atomic mass is 9.95. The zero-order valence-electron chi connectivity index (χ0n) is 25.7. The number of nitrogens with two attached hydrogens (primary N) is 1. The first-order valence-electron chi connectivity index (χ1n) is 16.1. The Labute approximate surface area is 265 Å². The van der Waals surface area contributed by atoms with Crippen molar-refractivity contribution in [3.05, 3.63) is 41.5 Å². The lowest BCUT2D eigenvalue weighted by molar-refractivity contribution is 0.107. The monoisotopic (exact) mass is 628 g/mol. The molecule has 6 heterocycles. The minimum absolute atomic E-state index is 0.0124. The highest BCUT2D eigenvalue weighted by Crippen LogP contribution is 2.45. The van der Waals surface area contributed by atoms with Crippen LogP contribution in [-0.2, 0) is 0 Å². The van der Waals surface area contributed by atoms with Gasteiger partial charge < -0.3 is 20.1 Å². The van der Waals surface area contributed by atoms with Gasteiger partial charge in [0, 0.05) is 36.1 Å². The van der Waals surface area contributed by atoms with Crippen molar-refractivity contribution in [3.63, 3.8) is 0 Å². The summed E-state index contributed by atoms with van der Waals surface area (Å²) in [4.78, 5) is 18.6. The second kappa shape index (κ2) is 10.9. The molecule has 2 aromatic carbocycles. The number of hydrogen-bond donors (Lipinski definition) is 1. The average molecular weight is 629 g/mol. The van der Waals surface area contributed by atoms with Crippen LogP contribution in [-0.4, -0.2) is 69.9 Å². The SMILES string of the molecule is C#Cc1c(F)ccc2cc(N)cc(-c3nc4c5c(nc(OC[C@@]67CCCN6C[C@H](F)C7)nc5c3F)N3CCCCC[C@H]3[C@H](C)O4)c12. The van der Waals surface area contributed by atoms with Crippen molar-refractivity contribution in [3.8, 4) is 35.5 Å². The van der Waals surface area contributed by atoms with Crippen LogP contribution in [0.1, 0.15) is 57.4 Å². The number of terminal acetylenes is 1. The van der Waals surface area contributed by atoms with Crippen molar-refractivity contribution in [2.75, 3.05) is 36.9 Å². The van der Waals surface area contributed by atoms with Gasteiger partial charge in [-0.15, -0.1) is 6.42 Å². The zero-order valence-corrected chi connectivity index (χ0v) is 25.7. The van der Waals surface area contributed by atoms with Crippen LogP contribution in [0.2, 0.25) is 0 Å². The number of fused-ring (bicyclic) bond motifs is 4. The molecule has 3 fully saturated rings. The average Bonchev–Trinajstić information content (AvgIpc) is 3.40. The van der Waals surface area contributed by atoms with Gasteiger partial charge in [0.2, 0.25) is 5.88 Å². The number of pyridine rings is 1. The normalized spacial score (nSPS) is 25.9. The highest BCUT2D eigenvalue weighted by atomic mass is 19.1. The van der Waals surface area contributed by atoms with Crippen molar-refractivity contribution in [2.24, 2.45) is 0 Å². The van der Waals surface area contributed by atoms with Crippen LogP contribution >= 0.6 is 0 Å². The van der Waals surface area contributed by atoms with Crippen molar-refractivity contribution in [1.82, 2.24) is 19.9 Å². The van der Waals surface area contributed by atoms with Crippen molar-refractivity contribution in [2.45, 2.75) is 75.7 Å². The Kier molecular flexibility index (Phi) is 6.90. The summed E-state index contributed by atoms with van der Waals surface area (Å²) < 4.78 is 59.4. The first kappa shape index (κ1) is 29.1. The minimum atomic E-state index is -0.915. The number of anilines is 2. The molecule has 8 rings (SSSR count). The summed E-state index contributed by atoms with van der Waals surface area (Å²) in [5.41, 5.74) is 6.25. The molecule has 4 aliphatic rings. The molecule has 2 N–H and O–H groups in total. The van der Waals surface area contributed by atoms with Gasteiger partial charge in [-0.1, -0.05) is 24.8 Å². The lowest BCUT2D eigenvalue weighted by Crippen LogP contribution is -2.44. The second-order valence-electron chi connectivity index (χ2n) is 13.2. The summed E-state index contributed by atoms with van der Waals surface area (Å²) in [6, 6.07) is 6.01. The topological polar surface area (TPSA) is 89.6 Å². The molecule has 4 aliphatic heterocycles. The van der Waals surface area contributed by atoms with Gasteiger partial charge in [0.25, 0.3) is 0 Å². The Morgan fingerprint density at radius 2 is 1.98 bits per heavy atom. The minimum Gasteiger partial charge on any atom is -0.472 e. The van der Waals surface area contributed by atoms with Crippen LogP contribution in [0.5, 0.6) is 11.9 Å². The van der Waals surface area contributed by atoms with E-state index in [0.29, 0.717) is 47.2 Å². The van der Waals surface area contributed by atoms with Gasteiger partial charge in [-0.2, -0.15) is 9.97 Å². The maximum absolute atomic E-state index is 17.1. The van der Waals surface area contributed by atoms with E-state index in [2.05, 4.69) is 20.7 Å². The van der Waals surface area contributed by atoms with E-state index in [1.807, 2.05) is 6.92 Å². The van der Waals surface area contributed by atoms with Crippen LogP contribution in [0, 0.1) is 24.0 Å². The maximum Gasteiger partial charge on any atom is 0.319 e. The van der Waals surface area contributed by atoms with Gasteiger partial charge in [-0.05, 0) is 62.7 Å². The predicted molar refractivity (Wildman–Crippen MR) is 171 cm³/mol. The number of aromatic nitrogens is 3. The van der Waals surface area contributed by atoms with Crippen molar-refractivity contribution in [1.29, 1.82) is 0 Å². The second-order valence-corrected chi connectivity index (χ2v) is 13.2. The van der Waals surface area contributed by atoms with Gasteiger partial charge in [0.15, 0.2) is 5.82 Å². The number of alkyl halides is 1. The molecule has 0 radical (unpaired) electrons. The van der Waals surface area contributed by atoms with Gasteiger partial charge in [0.05, 0.1) is 17.1 Å². The van der Waals surface area contributed by atoms with Crippen LogP contribution in [0.15, 0.2) is 24.3 Å². The van der Waals surface area contributed by atoms with Crippen LogP contribution < -0.4 is 20.1 Å². The molecule has 11 heteroatoms. The summed E-state index contributed by atoms with van der Waals surface area (Å²) >= 11 is 0. The lowest BCUT2D eigenvalue weighted by Gasteiger charge is -2.33. The van der Waals surface area contributed by atoms with E-state index < -0.39 is 23.3 Å². The highest BCUT2D eigenvalue weighted by molar-refractivity contribution is 6.05. The zero-order chi connectivity index (χ0) is 31.7. The molecular formula is C35H35F3N6O2. The molecule has 4 aromatic rings. The Morgan fingerprint density at radius 3 is 2.83 bits per heavy atom. The van der Waals surface area contributed by atoms with Crippen molar-refractivity contribution >= 4 is 33.2 Å². The first-order chi connectivity index (χ1) is 22.3. The van der Waals surface area contributed by atoms with Crippen molar-refractivity contribution < 1.29 is 22.6 Å². The molecule has 4 atom stereocenters. The van der Waals surface area contributed by atoms with E-state index in [1.54, 1.807) is 18.2 Å². The fraction of sp³-hybridized carbons (Fsp3) is 0.457. The third-order valence-corrected chi connectivity index (χ3v) is 10.3. The van der Waals surface area contributed by atoms with Gasteiger partial charge in [-0.3, -0.25) is 4.90 Å². The van der Waals surface area contributed by atoms with Crippen LogP contribution in [0.3, 0.4) is 0 Å². The molecule has 0 aliphatic carbocycles. The summed E-state index contributed by atoms with van der Waals surface area (Å²) in [5.74, 6) is 1.75. The first-order valence-corrected chi connectivity index (χ1v) is 16.1.